The molecule has 4 rings (SSSR count). The molecule has 3 heterocycles. The van der Waals surface area contributed by atoms with Gasteiger partial charge in [0.1, 0.15) is 5.75 Å². The van der Waals surface area contributed by atoms with Gasteiger partial charge in [-0.2, -0.15) is 18.3 Å². The van der Waals surface area contributed by atoms with Crippen LogP contribution in [0.2, 0.25) is 0 Å². The van der Waals surface area contributed by atoms with Crippen molar-refractivity contribution >= 4 is 17.0 Å². The second-order valence-corrected chi connectivity index (χ2v) is 6.40. The Morgan fingerprint density at radius 1 is 1.17 bits per heavy atom. The molecule has 29 heavy (non-hydrogen) atoms. The highest BCUT2D eigenvalue weighted by atomic mass is 19.4. The second-order valence-electron chi connectivity index (χ2n) is 6.40. The number of imidazole rings is 1. The largest absolute Gasteiger partial charge is 0.496 e. The van der Waals surface area contributed by atoms with Crippen LogP contribution >= 0.6 is 0 Å². The molecule has 0 fully saturated rings. The van der Waals surface area contributed by atoms with Gasteiger partial charge in [-0.05, 0) is 32.0 Å². The minimum atomic E-state index is -4.59. The van der Waals surface area contributed by atoms with Crippen molar-refractivity contribution in [3.05, 3.63) is 53.9 Å². The summed E-state index contributed by atoms with van der Waals surface area (Å²) in [6, 6.07) is 6.05. The van der Waals surface area contributed by atoms with Crippen LogP contribution in [-0.2, 0) is 6.18 Å². The van der Waals surface area contributed by atoms with Crippen LogP contribution in [0.1, 0.15) is 17.1 Å². The van der Waals surface area contributed by atoms with E-state index in [1.54, 1.807) is 32.0 Å². The fourth-order valence-corrected chi connectivity index (χ4v) is 2.99. The molecule has 1 aromatic carbocycles. The van der Waals surface area contributed by atoms with Crippen molar-refractivity contribution in [3.63, 3.8) is 0 Å². The van der Waals surface area contributed by atoms with Crippen molar-refractivity contribution in [1.82, 2.24) is 19.6 Å². The van der Waals surface area contributed by atoms with Gasteiger partial charge in [-0.1, -0.05) is 0 Å². The number of benzene rings is 1. The minimum absolute atomic E-state index is 0.172. The summed E-state index contributed by atoms with van der Waals surface area (Å²) in [4.78, 5) is 8.33. The highest BCUT2D eigenvalue weighted by molar-refractivity contribution is 5.77. The minimum Gasteiger partial charge on any atom is -0.496 e. The number of methoxy groups -OCH3 is 1. The number of alkyl halides is 3. The molecule has 4 aromatic rings. The van der Waals surface area contributed by atoms with E-state index in [-0.39, 0.29) is 11.3 Å². The number of rotatable bonds is 4. The van der Waals surface area contributed by atoms with Crippen LogP contribution in [0, 0.1) is 13.8 Å². The lowest BCUT2D eigenvalue weighted by molar-refractivity contribution is -0.141. The average molecular weight is 403 g/mol. The quantitative estimate of drug-likeness (QED) is 0.529. The van der Waals surface area contributed by atoms with Gasteiger partial charge in [0.25, 0.3) is 0 Å². The molecular formula is C19H16F3N5O2. The molecule has 150 valence electrons. The van der Waals surface area contributed by atoms with Crippen LogP contribution in [0.4, 0.5) is 24.5 Å². The predicted molar refractivity (Wildman–Crippen MR) is 99.2 cm³/mol. The van der Waals surface area contributed by atoms with Crippen LogP contribution in [0.15, 0.2) is 41.3 Å². The van der Waals surface area contributed by atoms with E-state index in [0.717, 1.165) is 10.6 Å². The molecule has 1 N–H and O–H groups in total. The summed E-state index contributed by atoms with van der Waals surface area (Å²) in [6.07, 6.45) is -1.82. The zero-order valence-electron chi connectivity index (χ0n) is 15.7. The van der Waals surface area contributed by atoms with Gasteiger partial charge in [-0.3, -0.25) is 0 Å². The molecule has 3 aromatic heterocycles. The van der Waals surface area contributed by atoms with Crippen molar-refractivity contribution in [2.24, 2.45) is 0 Å². The SMILES string of the molecule is COc1cc(Nc2cc(C(F)(F)F)nn3cc(C)nc23)ccc1-c1ocnc1C. The molecule has 0 spiro atoms. The molecule has 0 amide bonds. The van der Waals surface area contributed by atoms with E-state index < -0.39 is 11.9 Å². The molecule has 0 saturated carbocycles. The Labute approximate surface area is 163 Å². The van der Waals surface area contributed by atoms with E-state index in [1.807, 2.05) is 0 Å². The molecule has 0 aliphatic heterocycles. The topological polar surface area (TPSA) is 77.5 Å². The first-order valence-electron chi connectivity index (χ1n) is 8.56. The van der Waals surface area contributed by atoms with Crippen molar-refractivity contribution < 1.29 is 22.3 Å². The average Bonchev–Trinajstić information content (AvgIpc) is 3.25. The third-order valence-electron chi connectivity index (χ3n) is 4.31. The van der Waals surface area contributed by atoms with E-state index in [2.05, 4.69) is 20.4 Å². The van der Waals surface area contributed by atoms with Crippen LogP contribution in [0.25, 0.3) is 17.0 Å². The molecule has 0 bridgehead atoms. The van der Waals surface area contributed by atoms with E-state index in [1.165, 1.54) is 19.7 Å². The number of aromatic nitrogens is 4. The summed E-state index contributed by atoms with van der Waals surface area (Å²) >= 11 is 0. The molecule has 0 aliphatic rings. The van der Waals surface area contributed by atoms with E-state index in [0.29, 0.717) is 34.1 Å². The number of halogens is 3. The normalized spacial score (nSPS) is 11.8. The fourth-order valence-electron chi connectivity index (χ4n) is 2.99. The Bertz CT molecular complexity index is 1200. The number of ether oxygens (including phenoxy) is 1. The third kappa shape index (κ3) is 3.48. The van der Waals surface area contributed by atoms with Gasteiger partial charge in [0.2, 0.25) is 0 Å². The molecule has 0 atom stereocenters. The Kier molecular flexibility index (Phi) is 4.40. The van der Waals surface area contributed by atoms with Crippen molar-refractivity contribution in [2.75, 3.05) is 12.4 Å². The Hall–Kier alpha value is -3.56. The lowest BCUT2D eigenvalue weighted by atomic mass is 10.1. The number of anilines is 2. The fraction of sp³-hybridized carbons (Fsp3) is 0.211. The first-order chi connectivity index (χ1) is 13.8. The molecule has 0 unspecified atom stereocenters. The van der Waals surface area contributed by atoms with E-state index >= 15 is 0 Å². The first-order valence-corrected chi connectivity index (χ1v) is 8.56. The number of nitrogens with zero attached hydrogens (tertiary/aromatic N) is 4. The van der Waals surface area contributed by atoms with Gasteiger partial charge in [0.15, 0.2) is 23.5 Å². The summed E-state index contributed by atoms with van der Waals surface area (Å²) in [5.74, 6) is 1.04. The number of hydrogen-bond donors (Lipinski definition) is 1. The standard InChI is InChI=1S/C19H16F3N5O2/c1-10-8-27-18(24-10)14(7-16(26-27)19(20,21)22)25-12-4-5-13(15(6-12)28-3)17-11(2)23-9-29-17/h4-9,25H,1-3H3. The summed E-state index contributed by atoms with van der Waals surface area (Å²) < 4.78 is 51.7. The van der Waals surface area contributed by atoms with Gasteiger partial charge < -0.3 is 14.5 Å². The summed E-state index contributed by atoms with van der Waals surface area (Å²) in [5, 5.41) is 6.59. The van der Waals surface area contributed by atoms with Gasteiger partial charge in [-0.25, -0.2) is 14.5 Å². The van der Waals surface area contributed by atoms with Crippen molar-refractivity contribution in [2.45, 2.75) is 20.0 Å². The van der Waals surface area contributed by atoms with Gasteiger partial charge in [0.05, 0.1) is 35.9 Å². The number of fused-ring (bicyclic) bond motifs is 1. The van der Waals surface area contributed by atoms with Crippen LogP contribution < -0.4 is 10.1 Å². The Balaban J connectivity index is 1.78. The Morgan fingerprint density at radius 3 is 2.62 bits per heavy atom. The lowest BCUT2D eigenvalue weighted by Crippen LogP contribution is -2.12. The lowest BCUT2D eigenvalue weighted by Gasteiger charge is -2.13. The van der Waals surface area contributed by atoms with E-state index in [9.17, 15) is 13.2 Å². The molecule has 0 radical (unpaired) electrons. The van der Waals surface area contributed by atoms with Crippen LogP contribution in [-0.4, -0.2) is 26.7 Å². The highest BCUT2D eigenvalue weighted by Gasteiger charge is 2.34. The Morgan fingerprint density at radius 2 is 1.97 bits per heavy atom. The first kappa shape index (κ1) is 18.8. The van der Waals surface area contributed by atoms with Crippen LogP contribution in [0.3, 0.4) is 0 Å². The zero-order chi connectivity index (χ0) is 20.8. The number of aryl methyl sites for hydroxylation is 2. The van der Waals surface area contributed by atoms with Gasteiger partial charge in [-0.15, -0.1) is 0 Å². The molecular weight excluding hydrogens is 387 g/mol. The van der Waals surface area contributed by atoms with Gasteiger partial charge in [0, 0.05) is 11.8 Å². The molecule has 10 heteroatoms. The van der Waals surface area contributed by atoms with Crippen molar-refractivity contribution in [3.8, 4) is 17.1 Å². The second kappa shape index (κ2) is 6.80. The number of hydrogen-bond acceptors (Lipinski definition) is 6. The molecule has 7 nitrogen and oxygen atoms in total. The van der Waals surface area contributed by atoms with Crippen molar-refractivity contribution in [1.29, 1.82) is 0 Å². The van der Waals surface area contributed by atoms with E-state index in [4.69, 9.17) is 9.15 Å². The zero-order valence-corrected chi connectivity index (χ0v) is 15.7. The molecule has 0 aliphatic carbocycles. The predicted octanol–water partition coefficient (Wildman–Crippen LogP) is 4.77. The maximum Gasteiger partial charge on any atom is 0.435 e. The third-order valence-corrected chi connectivity index (χ3v) is 4.31. The smallest absolute Gasteiger partial charge is 0.435 e. The highest BCUT2D eigenvalue weighted by Crippen LogP contribution is 2.36. The number of oxazole rings is 1. The van der Waals surface area contributed by atoms with Crippen LogP contribution in [0.5, 0.6) is 5.75 Å². The maximum atomic E-state index is 13.2. The monoisotopic (exact) mass is 403 g/mol. The maximum absolute atomic E-state index is 13.2. The summed E-state index contributed by atoms with van der Waals surface area (Å²) in [5.41, 5.74) is 1.88. The summed E-state index contributed by atoms with van der Waals surface area (Å²) in [6.45, 7) is 3.49. The number of nitrogens with one attached hydrogen (secondary N) is 1. The molecule has 0 saturated heterocycles. The van der Waals surface area contributed by atoms with Gasteiger partial charge >= 0.3 is 6.18 Å². The summed E-state index contributed by atoms with van der Waals surface area (Å²) in [7, 11) is 1.50.